The van der Waals surface area contributed by atoms with E-state index in [0.717, 1.165) is 36.7 Å². The Bertz CT molecular complexity index is 1110. The topological polar surface area (TPSA) is 85.5 Å². The van der Waals surface area contributed by atoms with Crippen molar-refractivity contribution in [2.24, 2.45) is 5.18 Å². The molecule has 148 valence electrons. The van der Waals surface area contributed by atoms with E-state index in [1.165, 1.54) is 4.57 Å². The van der Waals surface area contributed by atoms with Gasteiger partial charge in [-0.05, 0) is 42.3 Å². The lowest BCUT2D eigenvalue weighted by atomic mass is 9.95. The van der Waals surface area contributed by atoms with Gasteiger partial charge in [-0.1, -0.05) is 55.7 Å². The summed E-state index contributed by atoms with van der Waals surface area (Å²) in [6.07, 6.45) is 5.14. The third-order valence-electron chi connectivity index (χ3n) is 5.30. The molecule has 1 aromatic heterocycles. The third kappa shape index (κ3) is 3.63. The van der Waals surface area contributed by atoms with Gasteiger partial charge in [-0.2, -0.15) is 0 Å². The van der Waals surface area contributed by atoms with Crippen LogP contribution in [0, 0.1) is 4.91 Å². The molecule has 0 saturated heterocycles. The summed E-state index contributed by atoms with van der Waals surface area (Å²) in [6.45, 7) is 0. The minimum atomic E-state index is -0.721. The Labute approximate surface area is 167 Å². The SMILES string of the molecule is O=Nc1c(NC2CCCCC2)n(-c2ccccc2)c(=O)n(-c2ccccc2)c1=O. The molecule has 0 atom stereocenters. The van der Waals surface area contributed by atoms with Crippen molar-refractivity contribution in [1.82, 2.24) is 9.13 Å². The first-order valence-electron chi connectivity index (χ1n) is 9.83. The number of anilines is 1. The van der Waals surface area contributed by atoms with Crippen molar-refractivity contribution in [1.29, 1.82) is 0 Å². The minimum Gasteiger partial charge on any atom is -0.366 e. The molecule has 1 saturated carbocycles. The molecule has 0 radical (unpaired) electrons. The maximum absolute atomic E-state index is 13.5. The van der Waals surface area contributed by atoms with Gasteiger partial charge in [-0.3, -0.25) is 4.79 Å². The van der Waals surface area contributed by atoms with Crippen LogP contribution in [-0.2, 0) is 0 Å². The van der Waals surface area contributed by atoms with Gasteiger partial charge < -0.3 is 5.32 Å². The highest BCUT2D eigenvalue weighted by molar-refractivity contribution is 5.64. The Morgan fingerprint density at radius 1 is 0.793 bits per heavy atom. The highest BCUT2D eigenvalue weighted by Gasteiger charge is 2.24. The second-order valence-electron chi connectivity index (χ2n) is 7.20. The molecule has 0 unspecified atom stereocenters. The maximum atomic E-state index is 13.5. The molecule has 0 bridgehead atoms. The van der Waals surface area contributed by atoms with Crippen LogP contribution in [0.25, 0.3) is 11.4 Å². The monoisotopic (exact) mass is 390 g/mol. The van der Waals surface area contributed by atoms with Crippen LogP contribution in [0.5, 0.6) is 0 Å². The predicted octanol–water partition coefficient (Wildman–Crippen LogP) is 4.13. The van der Waals surface area contributed by atoms with Gasteiger partial charge in [0.1, 0.15) is 0 Å². The fraction of sp³-hybridized carbons (Fsp3) is 0.273. The second kappa shape index (κ2) is 8.26. The van der Waals surface area contributed by atoms with E-state index in [-0.39, 0.29) is 17.5 Å². The largest absolute Gasteiger partial charge is 0.366 e. The van der Waals surface area contributed by atoms with Crippen LogP contribution in [0.2, 0.25) is 0 Å². The van der Waals surface area contributed by atoms with Gasteiger partial charge in [0.25, 0.3) is 5.56 Å². The van der Waals surface area contributed by atoms with Crippen molar-refractivity contribution in [3.63, 3.8) is 0 Å². The van der Waals surface area contributed by atoms with Crippen LogP contribution in [-0.4, -0.2) is 15.2 Å². The molecule has 29 heavy (non-hydrogen) atoms. The summed E-state index contributed by atoms with van der Waals surface area (Å²) in [7, 11) is 0. The van der Waals surface area contributed by atoms with E-state index < -0.39 is 11.2 Å². The summed E-state index contributed by atoms with van der Waals surface area (Å²) in [5.74, 6) is 0.167. The Morgan fingerprint density at radius 3 is 1.90 bits per heavy atom. The molecule has 1 fully saturated rings. The fourth-order valence-electron chi connectivity index (χ4n) is 3.87. The van der Waals surface area contributed by atoms with E-state index in [1.807, 2.05) is 6.07 Å². The first-order valence-corrected chi connectivity index (χ1v) is 9.83. The number of nitrogens with zero attached hydrogens (tertiary/aromatic N) is 3. The zero-order valence-corrected chi connectivity index (χ0v) is 16.0. The fourth-order valence-corrected chi connectivity index (χ4v) is 3.87. The van der Waals surface area contributed by atoms with Crippen molar-refractivity contribution in [3.8, 4) is 11.4 Å². The Balaban J connectivity index is 2.00. The standard InChI is InChI=1S/C22H22N4O3/c27-21-19(24-29)20(23-16-10-4-1-5-11-16)25(17-12-6-2-7-13-17)22(28)26(21)18-14-8-3-9-15-18/h2-3,6-9,12-16,23H,1,4-5,10-11H2. The van der Waals surface area contributed by atoms with Crippen LogP contribution >= 0.6 is 0 Å². The quantitative estimate of drug-likeness (QED) is 0.664. The Morgan fingerprint density at radius 2 is 1.34 bits per heavy atom. The number of hydrogen-bond donors (Lipinski definition) is 1. The number of hydrogen-bond acceptors (Lipinski definition) is 5. The lowest BCUT2D eigenvalue weighted by Gasteiger charge is -2.26. The van der Waals surface area contributed by atoms with Gasteiger partial charge in [-0.25, -0.2) is 13.9 Å². The van der Waals surface area contributed by atoms with E-state index >= 15 is 0 Å². The minimum absolute atomic E-state index is 0.0885. The van der Waals surface area contributed by atoms with E-state index in [9.17, 15) is 14.5 Å². The molecule has 1 aliphatic rings. The van der Waals surface area contributed by atoms with Crippen LogP contribution < -0.4 is 16.6 Å². The molecular weight excluding hydrogens is 368 g/mol. The van der Waals surface area contributed by atoms with E-state index in [1.54, 1.807) is 54.6 Å². The zero-order chi connectivity index (χ0) is 20.2. The van der Waals surface area contributed by atoms with Crippen LogP contribution in [0.4, 0.5) is 11.5 Å². The number of rotatable bonds is 5. The third-order valence-corrected chi connectivity index (χ3v) is 5.30. The van der Waals surface area contributed by atoms with Crippen molar-refractivity contribution in [3.05, 3.63) is 86.4 Å². The van der Waals surface area contributed by atoms with Gasteiger partial charge in [0.05, 0.1) is 11.4 Å². The molecule has 1 heterocycles. The summed E-state index contributed by atoms with van der Waals surface area (Å²) >= 11 is 0. The van der Waals surface area contributed by atoms with E-state index in [4.69, 9.17) is 0 Å². The van der Waals surface area contributed by atoms with Gasteiger partial charge in [0, 0.05) is 6.04 Å². The van der Waals surface area contributed by atoms with Crippen molar-refractivity contribution < 1.29 is 0 Å². The molecule has 0 spiro atoms. The average molecular weight is 390 g/mol. The zero-order valence-electron chi connectivity index (χ0n) is 16.0. The van der Waals surface area contributed by atoms with Crippen molar-refractivity contribution in [2.75, 3.05) is 5.32 Å². The number of benzene rings is 2. The van der Waals surface area contributed by atoms with Gasteiger partial charge >= 0.3 is 5.69 Å². The summed E-state index contributed by atoms with van der Waals surface area (Å²) in [4.78, 5) is 38.3. The Hall–Kier alpha value is -3.48. The van der Waals surface area contributed by atoms with Crippen LogP contribution in [0.15, 0.2) is 75.4 Å². The van der Waals surface area contributed by atoms with E-state index in [2.05, 4.69) is 10.5 Å². The molecular formula is C22H22N4O3. The van der Waals surface area contributed by atoms with Gasteiger partial charge in [-0.15, -0.1) is 4.91 Å². The molecule has 1 aliphatic carbocycles. The van der Waals surface area contributed by atoms with Crippen molar-refractivity contribution >= 4 is 11.5 Å². The summed E-state index contributed by atoms with van der Waals surface area (Å²) in [5, 5.41) is 6.33. The molecule has 0 aliphatic heterocycles. The molecule has 4 rings (SSSR count). The first-order chi connectivity index (χ1) is 14.2. The lowest BCUT2D eigenvalue weighted by Crippen LogP contribution is -2.40. The average Bonchev–Trinajstić information content (AvgIpc) is 2.76. The number of aromatic nitrogens is 2. The smallest absolute Gasteiger partial charge is 0.341 e. The van der Waals surface area contributed by atoms with E-state index in [0.29, 0.717) is 11.4 Å². The molecule has 2 aromatic carbocycles. The Kier molecular flexibility index (Phi) is 5.37. The van der Waals surface area contributed by atoms with Crippen molar-refractivity contribution in [2.45, 2.75) is 38.1 Å². The van der Waals surface area contributed by atoms with Crippen LogP contribution in [0.1, 0.15) is 32.1 Å². The normalized spacial score (nSPS) is 14.5. The highest BCUT2D eigenvalue weighted by Crippen LogP contribution is 2.27. The lowest BCUT2D eigenvalue weighted by molar-refractivity contribution is 0.460. The maximum Gasteiger partial charge on any atom is 0.341 e. The number of nitrogens with one attached hydrogen (secondary N) is 1. The molecule has 0 amide bonds. The first kappa shape index (κ1) is 18.9. The number of para-hydroxylation sites is 2. The van der Waals surface area contributed by atoms with Gasteiger partial charge in [0.15, 0.2) is 5.82 Å². The highest BCUT2D eigenvalue weighted by atomic mass is 16.3. The predicted molar refractivity (Wildman–Crippen MR) is 114 cm³/mol. The second-order valence-corrected chi connectivity index (χ2v) is 7.20. The summed E-state index contributed by atoms with van der Waals surface area (Å²) in [5.41, 5.74) is -0.602. The molecule has 3 aromatic rings. The summed E-state index contributed by atoms with van der Waals surface area (Å²) < 4.78 is 2.37. The van der Waals surface area contributed by atoms with Crippen LogP contribution in [0.3, 0.4) is 0 Å². The van der Waals surface area contributed by atoms with Gasteiger partial charge in [0.2, 0.25) is 5.69 Å². The molecule has 7 heteroatoms. The summed E-state index contributed by atoms with van der Waals surface area (Å²) in [6, 6.07) is 17.6. The number of nitroso groups, excluding NO2 is 1. The molecule has 7 nitrogen and oxygen atoms in total. The molecule has 1 N–H and O–H groups in total.